The maximum absolute atomic E-state index is 12.7. The molecule has 2 amide bonds. The van der Waals surface area contributed by atoms with Crippen molar-refractivity contribution in [3.63, 3.8) is 0 Å². The smallest absolute Gasteiger partial charge is 0.228 e. The minimum absolute atomic E-state index is 0.0957. The van der Waals surface area contributed by atoms with Crippen molar-refractivity contribution in [3.8, 4) is 0 Å². The summed E-state index contributed by atoms with van der Waals surface area (Å²) in [5.74, 6) is 0.119. The zero-order chi connectivity index (χ0) is 15.8. The molecule has 0 saturated carbocycles. The highest BCUT2D eigenvalue weighted by Gasteiger charge is 2.37. The van der Waals surface area contributed by atoms with E-state index in [1.165, 1.54) is 24.0 Å². The van der Waals surface area contributed by atoms with Crippen molar-refractivity contribution in [1.82, 2.24) is 4.90 Å². The van der Waals surface area contributed by atoms with Crippen LogP contribution in [0.3, 0.4) is 0 Å². The van der Waals surface area contributed by atoms with Crippen molar-refractivity contribution in [1.29, 1.82) is 0 Å². The SMILES string of the molecule is O=C([C@H]1CC(=O)N(c2ccc3c(c2)CCC3)C1)N1CCCCC1. The van der Waals surface area contributed by atoms with Gasteiger partial charge in [-0.1, -0.05) is 6.07 Å². The Labute approximate surface area is 137 Å². The number of benzene rings is 1. The number of fused-ring (bicyclic) bond motifs is 1. The fraction of sp³-hybridized carbons (Fsp3) is 0.579. The van der Waals surface area contributed by atoms with Gasteiger partial charge in [0.15, 0.2) is 0 Å². The number of likely N-dealkylation sites (tertiary alicyclic amines) is 1. The van der Waals surface area contributed by atoms with Crippen molar-refractivity contribution >= 4 is 17.5 Å². The molecule has 1 aliphatic carbocycles. The van der Waals surface area contributed by atoms with E-state index in [0.29, 0.717) is 13.0 Å². The molecule has 0 aromatic heterocycles. The third kappa shape index (κ3) is 2.75. The number of aryl methyl sites for hydroxylation is 2. The first-order chi connectivity index (χ1) is 11.2. The fourth-order valence-electron chi connectivity index (χ4n) is 4.22. The number of anilines is 1. The van der Waals surface area contributed by atoms with Gasteiger partial charge in [-0.05, 0) is 61.8 Å². The molecule has 0 spiro atoms. The third-order valence-corrected chi connectivity index (χ3v) is 5.54. The number of hydrogen-bond donors (Lipinski definition) is 0. The predicted molar refractivity (Wildman–Crippen MR) is 89.4 cm³/mol. The lowest BCUT2D eigenvalue weighted by Crippen LogP contribution is -2.40. The molecule has 1 atom stereocenters. The van der Waals surface area contributed by atoms with Crippen LogP contribution in [0.4, 0.5) is 5.69 Å². The van der Waals surface area contributed by atoms with E-state index in [-0.39, 0.29) is 17.7 Å². The van der Waals surface area contributed by atoms with E-state index < -0.39 is 0 Å². The summed E-state index contributed by atoms with van der Waals surface area (Å²) >= 11 is 0. The van der Waals surface area contributed by atoms with Crippen LogP contribution in [0.25, 0.3) is 0 Å². The molecule has 4 rings (SSSR count). The number of amides is 2. The molecule has 0 radical (unpaired) electrons. The summed E-state index contributed by atoms with van der Waals surface area (Å²) in [6.07, 6.45) is 7.26. The minimum Gasteiger partial charge on any atom is -0.342 e. The van der Waals surface area contributed by atoms with Crippen molar-refractivity contribution in [2.75, 3.05) is 24.5 Å². The Balaban J connectivity index is 1.48. The summed E-state index contributed by atoms with van der Waals surface area (Å²) < 4.78 is 0. The number of carbonyl (C=O) groups is 2. The van der Waals surface area contributed by atoms with E-state index in [9.17, 15) is 9.59 Å². The van der Waals surface area contributed by atoms with Gasteiger partial charge in [0.2, 0.25) is 11.8 Å². The van der Waals surface area contributed by atoms with Crippen LogP contribution >= 0.6 is 0 Å². The molecule has 23 heavy (non-hydrogen) atoms. The number of hydrogen-bond acceptors (Lipinski definition) is 2. The van der Waals surface area contributed by atoms with Gasteiger partial charge in [-0.2, -0.15) is 0 Å². The minimum atomic E-state index is -0.158. The Kier molecular flexibility index (Phi) is 3.83. The molecule has 122 valence electrons. The van der Waals surface area contributed by atoms with E-state index in [0.717, 1.165) is 44.5 Å². The molecule has 0 unspecified atom stereocenters. The van der Waals surface area contributed by atoms with Crippen LogP contribution in [-0.2, 0) is 22.4 Å². The van der Waals surface area contributed by atoms with Crippen molar-refractivity contribution in [3.05, 3.63) is 29.3 Å². The van der Waals surface area contributed by atoms with Crippen LogP contribution in [-0.4, -0.2) is 36.3 Å². The zero-order valence-corrected chi connectivity index (χ0v) is 13.6. The first kappa shape index (κ1) is 14.7. The summed E-state index contributed by atoms with van der Waals surface area (Å²) in [7, 11) is 0. The van der Waals surface area contributed by atoms with Crippen molar-refractivity contribution < 1.29 is 9.59 Å². The Hall–Kier alpha value is -1.84. The lowest BCUT2D eigenvalue weighted by atomic mass is 10.0. The number of piperidine rings is 1. The van der Waals surface area contributed by atoms with Gasteiger partial charge in [-0.25, -0.2) is 0 Å². The molecule has 2 saturated heterocycles. The van der Waals surface area contributed by atoms with Crippen LogP contribution in [0.2, 0.25) is 0 Å². The average molecular weight is 312 g/mol. The van der Waals surface area contributed by atoms with Gasteiger partial charge in [-0.3, -0.25) is 9.59 Å². The van der Waals surface area contributed by atoms with Gasteiger partial charge in [0.05, 0.1) is 5.92 Å². The lowest BCUT2D eigenvalue weighted by Gasteiger charge is -2.29. The van der Waals surface area contributed by atoms with Crippen LogP contribution in [0.5, 0.6) is 0 Å². The van der Waals surface area contributed by atoms with Crippen LogP contribution < -0.4 is 4.90 Å². The standard InChI is InChI=1S/C19H24N2O2/c22-18-12-16(19(23)20-9-2-1-3-10-20)13-21(18)17-8-7-14-5-4-6-15(14)11-17/h7-8,11,16H,1-6,9-10,12-13H2/t16-/m0/s1. The summed E-state index contributed by atoms with van der Waals surface area (Å²) in [4.78, 5) is 28.9. The Morgan fingerprint density at radius 2 is 1.78 bits per heavy atom. The summed E-state index contributed by atoms with van der Waals surface area (Å²) in [5.41, 5.74) is 3.77. The first-order valence-electron chi connectivity index (χ1n) is 8.93. The molecular weight excluding hydrogens is 288 g/mol. The number of carbonyl (C=O) groups excluding carboxylic acids is 2. The Bertz CT molecular complexity index is 634. The molecule has 1 aromatic rings. The second-order valence-electron chi connectivity index (χ2n) is 7.10. The van der Waals surface area contributed by atoms with E-state index in [4.69, 9.17) is 0 Å². The van der Waals surface area contributed by atoms with Crippen molar-refractivity contribution in [2.45, 2.75) is 44.9 Å². The largest absolute Gasteiger partial charge is 0.342 e. The normalized spacial score (nSPS) is 24.2. The highest BCUT2D eigenvalue weighted by Crippen LogP contribution is 2.31. The highest BCUT2D eigenvalue weighted by atomic mass is 16.2. The molecule has 2 heterocycles. The van der Waals surface area contributed by atoms with Gasteiger partial charge in [0, 0.05) is 31.7 Å². The summed E-state index contributed by atoms with van der Waals surface area (Å²) in [5, 5.41) is 0. The van der Waals surface area contributed by atoms with Crippen LogP contribution in [0.1, 0.15) is 43.2 Å². The quantitative estimate of drug-likeness (QED) is 0.842. The van der Waals surface area contributed by atoms with Crippen molar-refractivity contribution in [2.24, 2.45) is 5.92 Å². The molecule has 2 fully saturated rings. The number of rotatable bonds is 2. The molecule has 0 N–H and O–H groups in total. The predicted octanol–water partition coefficient (Wildman–Crippen LogP) is 2.54. The second-order valence-corrected chi connectivity index (χ2v) is 7.10. The first-order valence-corrected chi connectivity index (χ1v) is 8.93. The topological polar surface area (TPSA) is 40.6 Å². The van der Waals surface area contributed by atoms with E-state index >= 15 is 0 Å². The Morgan fingerprint density at radius 1 is 1.00 bits per heavy atom. The molecular formula is C19H24N2O2. The highest BCUT2D eigenvalue weighted by molar-refractivity contribution is 6.00. The lowest BCUT2D eigenvalue weighted by molar-refractivity contribution is -0.136. The van der Waals surface area contributed by atoms with Gasteiger partial charge >= 0.3 is 0 Å². The van der Waals surface area contributed by atoms with E-state index in [1.54, 1.807) is 0 Å². The third-order valence-electron chi connectivity index (χ3n) is 5.54. The molecule has 0 bridgehead atoms. The van der Waals surface area contributed by atoms with Gasteiger partial charge in [0.25, 0.3) is 0 Å². The monoisotopic (exact) mass is 312 g/mol. The molecule has 1 aromatic carbocycles. The Morgan fingerprint density at radius 3 is 2.61 bits per heavy atom. The maximum Gasteiger partial charge on any atom is 0.228 e. The zero-order valence-electron chi connectivity index (χ0n) is 13.6. The number of nitrogens with zero attached hydrogens (tertiary/aromatic N) is 2. The fourth-order valence-corrected chi connectivity index (χ4v) is 4.22. The van der Waals surface area contributed by atoms with Crippen LogP contribution in [0, 0.1) is 5.92 Å². The molecule has 3 aliphatic rings. The van der Waals surface area contributed by atoms with Gasteiger partial charge < -0.3 is 9.80 Å². The molecule has 4 heteroatoms. The van der Waals surface area contributed by atoms with Gasteiger partial charge in [-0.15, -0.1) is 0 Å². The summed E-state index contributed by atoms with van der Waals surface area (Å²) in [6, 6.07) is 6.37. The average Bonchev–Trinajstić information content (AvgIpc) is 3.20. The van der Waals surface area contributed by atoms with E-state index in [1.807, 2.05) is 9.80 Å². The second kappa shape index (κ2) is 5.99. The maximum atomic E-state index is 12.7. The van der Waals surface area contributed by atoms with Crippen LogP contribution in [0.15, 0.2) is 18.2 Å². The molecule has 2 aliphatic heterocycles. The molecule has 4 nitrogen and oxygen atoms in total. The summed E-state index contributed by atoms with van der Waals surface area (Å²) in [6.45, 7) is 2.28. The van der Waals surface area contributed by atoms with Gasteiger partial charge in [0.1, 0.15) is 0 Å². The van der Waals surface area contributed by atoms with E-state index in [2.05, 4.69) is 18.2 Å².